The zero-order valence-corrected chi connectivity index (χ0v) is 16.1. The highest BCUT2D eigenvalue weighted by molar-refractivity contribution is 7.16. The predicted octanol–water partition coefficient (Wildman–Crippen LogP) is 4.03. The van der Waals surface area contributed by atoms with Crippen LogP contribution in [0.2, 0.25) is 0 Å². The summed E-state index contributed by atoms with van der Waals surface area (Å²) in [6.07, 6.45) is 0.932. The number of amides is 1. The van der Waals surface area contributed by atoms with E-state index in [1.165, 1.54) is 11.3 Å². The molecule has 1 aliphatic rings. The highest BCUT2D eigenvalue weighted by Gasteiger charge is 2.31. The fraction of sp³-hybridized carbons (Fsp3) is 0.474. The van der Waals surface area contributed by atoms with E-state index in [4.69, 9.17) is 4.74 Å². The molecule has 0 unspecified atom stereocenters. The van der Waals surface area contributed by atoms with E-state index in [1.807, 2.05) is 51.1 Å². The molecule has 0 bridgehead atoms. The molecule has 0 radical (unpaired) electrons. The lowest BCUT2D eigenvalue weighted by atomic mass is 9.93. The SMILES string of the molecule is CC(C)(C)OC(=O)N1CCC(C(=O)c2nnc(-c3ccccc3)s2)CC1. The maximum atomic E-state index is 12.7. The van der Waals surface area contributed by atoms with E-state index < -0.39 is 5.60 Å². The van der Waals surface area contributed by atoms with Crippen molar-refractivity contribution in [3.05, 3.63) is 35.3 Å². The summed E-state index contributed by atoms with van der Waals surface area (Å²) >= 11 is 1.33. The first-order chi connectivity index (χ1) is 12.3. The summed E-state index contributed by atoms with van der Waals surface area (Å²) in [6, 6.07) is 9.71. The molecule has 1 aliphatic heterocycles. The van der Waals surface area contributed by atoms with Crippen LogP contribution in [0.3, 0.4) is 0 Å². The van der Waals surface area contributed by atoms with Gasteiger partial charge in [0, 0.05) is 24.6 Å². The zero-order chi connectivity index (χ0) is 18.7. The van der Waals surface area contributed by atoms with E-state index in [0.717, 1.165) is 10.6 Å². The van der Waals surface area contributed by atoms with Gasteiger partial charge in [0.05, 0.1) is 0 Å². The number of carbonyl (C=O) groups excluding carboxylic acids is 2. The van der Waals surface area contributed by atoms with Crippen molar-refractivity contribution in [3.63, 3.8) is 0 Å². The van der Waals surface area contributed by atoms with Crippen molar-refractivity contribution in [1.29, 1.82) is 0 Å². The van der Waals surface area contributed by atoms with Crippen LogP contribution in [0.25, 0.3) is 10.6 Å². The third-order valence-electron chi connectivity index (χ3n) is 4.17. The van der Waals surface area contributed by atoms with Gasteiger partial charge < -0.3 is 9.64 Å². The van der Waals surface area contributed by atoms with E-state index >= 15 is 0 Å². The molecule has 6 nitrogen and oxygen atoms in total. The molecular weight excluding hydrogens is 350 g/mol. The molecule has 3 rings (SSSR count). The number of piperidine rings is 1. The fourth-order valence-electron chi connectivity index (χ4n) is 2.85. The van der Waals surface area contributed by atoms with Crippen LogP contribution in [-0.4, -0.2) is 45.7 Å². The zero-order valence-electron chi connectivity index (χ0n) is 15.3. The van der Waals surface area contributed by atoms with Gasteiger partial charge >= 0.3 is 6.09 Å². The molecule has 1 aromatic heterocycles. The second-order valence-electron chi connectivity index (χ2n) is 7.38. The summed E-state index contributed by atoms with van der Waals surface area (Å²) in [5, 5.41) is 9.43. The molecule has 0 aliphatic carbocycles. The lowest BCUT2D eigenvalue weighted by Gasteiger charge is -2.32. The molecule has 1 aromatic carbocycles. The fourth-order valence-corrected chi connectivity index (χ4v) is 3.71. The maximum absolute atomic E-state index is 12.7. The predicted molar refractivity (Wildman–Crippen MR) is 100 cm³/mol. The maximum Gasteiger partial charge on any atom is 0.410 e. The van der Waals surface area contributed by atoms with Crippen LogP contribution in [-0.2, 0) is 4.74 Å². The summed E-state index contributed by atoms with van der Waals surface area (Å²) in [5.74, 6) is -0.0984. The van der Waals surface area contributed by atoms with Crippen molar-refractivity contribution in [2.45, 2.75) is 39.2 Å². The summed E-state index contributed by atoms with van der Waals surface area (Å²) in [6.45, 7) is 6.59. The number of aromatic nitrogens is 2. The van der Waals surface area contributed by atoms with Crippen LogP contribution in [0.5, 0.6) is 0 Å². The Labute approximate surface area is 157 Å². The Kier molecular flexibility index (Phi) is 5.36. The number of benzene rings is 1. The molecule has 0 spiro atoms. The molecule has 26 heavy (non-hydrogen) atoms. The summed E-state index contributed by atoms with van der Waals surface area (Å²) in [5.41, 5.74) is 0.452. The summed E-state index contributed by atoms with van der Waals surface area (Å²) in [4.78, 5) is 26.5. The van der Waals surface area contributed by atoms with Gasteiger partial charge in [0.25, 0.3) is 0 Å². The van der Waals surface area contributed by atoms with Gasteiger partial charge in [-0.25, -0.2) is 4.79 Å². The van der Waals surface area contributed by atoms with Gasteiger partial charge in [-0.05, 0) is 33.6 Å². The molecule has 0 saturated carbocycles. The van der Waals surface area contributed by atoms with Crippen LogP contribution in [0, 0.1) is 5.92 Å². The minimum atomic E-state index is -0.510. The van der Waals surface area contributed by atoms with E-state index in [-0.39, 0.29) is 17.8 Å². The number of hydrogen-bond donors (Lipinski definition) is 0. The Morgan fingerprint density at radius 2 is 1.77 bits per heavy atom. The molecule has 1 fully saturated rings. The number of rotatable bonds is 3. The number of ether oxygens (including phenoxy) is 1. The number of likely N-dealkylation sites (tertiary alicyclic amines) is 1. The average molecular weight is 373 g/mol. The van der Waals surface area contributed by atoms with Crippen molar-refractivity contribution >= 4 is 23.2 Å². The Morgan fingerprint density at radius 3 is 2.38 bits per heavy atom. The highest BCUT2D eigenvalue weighted by atomic mass is 32.1. The summed E-state index contributed by atoms with van der Waals surface area (Å²) in [7, 11) is 0. The Morgan fingerprint density at radius 1 is 1.12 bits per heavy atom. The molecule has 2 heterocycles. The van der Waals surface area contributed by atoms with E-state index in [1.54, 1.807) is 4.90 Å². The highest BCUT2D eigenvalue weighted by Crippen LogP contribution is 2.28. The van der Waals surface area contributed by atoms with Gasteiger partial charge in [-0.1, -0.05) is 41.7 Å². The standard InChI is InChI=1S/C19H23N3O3S/c1-19(2,3)25-18(24)22-11-9-13(10-12-22)15(23)17-21-20-16(26-17)14-7-5-4-6-8-14/h4-8,13H,9-12H2,1-3H3. The van der Waals surface area contributed by atoms with E-state index in [9.17, 15) is 9.59 Å². The normalized spacial score (nSPS) is 15.7. The second kappa shape index (κ2) is 7.53. The molecule has 0 atom stereocenters. The summed E-state index contributed by atoms with van der Waals surface area (Å²) < 4.78 is 5.39. The van der Waals surface area contributed by atoms with Gasteiger partial charge in [-0.3, -0.25) is 4.79 Å². The van der Waals surface area contributed by atoms with Gasteiger partial charge in [-0.2, -0.15) is 0 Å². The average Bonchev–Trinajstić information content (AvgIpc) is 3.11. The molecular formula is C19H23N3O3S. The number of carbonyl (C=O) groups is 2. The van der Waals surface area contributed by atoms with Crippen molar-refractivity contribution in [2.24, 2.45) is 5.92 Å². The minimum Gasteiger partial charge on any atom is -0.444 e. The number of Topliss-reactive ketones (excluding diaryl/α,β-unsaturated/α-hetero) is 1. The van der Waals surface area contributed by atoms with Crippen LogP contribution >= 0.6 is 11.3 Å². The molecule has 138 valence electrons. The second-order valence-corrected chi connectivity index (χ2v) is 8.36. The third-order valence-corrected chi connectivity index (χ3v) is 5.16. The molecule has 1 amide bonds. The topological polar surface area (TPSA) is 72.4 Å². The van der Waals surface area contributed by atoms with Crippen molar-refractivity contribution in [3.8, 4) is 10.6 Å². The van der Waals surface area contributed by atoms with E-state index in [2.05, 4.69) is 10.2 Å². The minimum absolute atomic E-state index is 0.0218. The first-order valence-corrected chi connectivity index (χ1v) is 9.56. The molecule has 1 saturated heterocycles. The Balaban J connectivity index is 1.59. The van der Waals surface area contributed by atoms with Gasteiger partial charge in [0.1, 0.15) is 10.6 Å². The van der Waals surface area contributed by atoms with Gasteiger partial charge in [0.15, 0.2) is 10.8 Å². The Hall–Kier alpha value is -2.28. The smallest absolute Gasteiger partial charge is 0.410 e. The van der Waals surface area contributed by atoms with Crippen molar-refractivity contribution in [2.75, 3.05) is 13.1 Å². The number of nitrogens with zero attached hydrogens (tertiary/aromatic N) is 3. The van der Waals surface area contributed by atoms with Crippen LogP contribution in [0.1, 0.15) is 43.4 Å². The lowest BCUT2D eigenvalue weighted by molar-refractivity contribution is 0.0182. The first kappa shape index (κ1) is 18.5. The molecule has 0 N–H and O–H groups in total. The largest absolute Gasteiger partial charge is 0.444 e. The van der Waals surface area contributed by atoms with Gasteiger partial charge in [-0.15, -0.1) is 10.2 Å². The Bertz CT molecular complexity index is 775. The molecule has 7 heteroatoms. The van der Waals surface area contributed by atoms with Crippen LogP contribution in [0.4, 0.5) is 4.79 Å². The number of hydrogen-bond acceptors (Lipinski definition) is 6. The monoisotopic (exact) mass is 373 g/mol. The van der Waals surface area contributed by atoms with Crippen molar-refractivity contribution < 1.29 is 14.3 Å². The lowest BCUT2D eigenvalue weighted by Crippen LogP contribution is -2.43. The van der Waals surface area contributed by atoms with Crippen LogP contribution in [0.15, 0.2) is 30.3 Å². The quantitative estimate of drug-likeness (QED) is 0.760. The van der Waals surface area contributed by atoms with E-state index in [0.29, 0.717) is 30.9 Å². The third kappa shape index (κ3) is 4.46. The first-order valence-electron chi connectivity index (χ1n) is 8.74. The number of ketones is 1. The van der Waals surface area contributed by atoms with Crippen molar-refractivity contribution in [1.82, 2.24) is 15.1 Å². The van der Waals surface area contributed by atoms with Gasteiger partial charge in [0.2, 0.25) is 0 Å². The molecule has 2 aromatic rings. The van der Waals surface area contributed by atoms with Crippen LogP contribution < -0.4 is 0 Å².